The summed E-state index contributed by atoms with van der Waals surface area (Å²) in [4.78, 5) is 12.7. The van der Waals surface area contributed by atoms with Gasteiger partial charge in [-0.25, -0.2) is 0 Å². The Kier molecular flexibility index (Phi) is 3.80. The molecule has 2 N–H and O–H groups in total. The zero-order valence-corrected chi connectivity index (χ0v) is 11.8. The van der Waals surface area contributed by atoms with Gasteiger partial charge in [0.25, 0.3) is 0 Å². The highest BCUT2D eigenvalue weighted by Crippen LogP contribution is 2.44. The molecule has 0 amide bonds. The standard InChI is InChI=1S/C15H21NO3/c1-10-7-12(18-2)13(19-3)8-11(10)14(17)15(9-16)5-4-6-15/h7-8H,4-6,9,16H2,1-3H3. The summed E-state index contributed by atoms with van der Waals surface area (Å²) in [6.07, 6.45) is 2.85. The van der Waals surface area contributed by atoms with Crippen molar-refractivity contribution in [1.82, 2.24) is 0 Å². The van der Waals surface area contributed by atoms with Gasteiger partial charge in [0, 0.05) is 17.5 Å². The third kappa shape index (κ3) is 2.21. The first-order valence-corrected chi connectivity index (χ1v) is 6.55. The number of ketones is 1. The van der Waals surface area contributed by atoms with E-state index in [1.807, 2.05) is 13.0 Å². The van der Waals surface area contributed by atoms with Gasteiger partial charge < -0.3 is 15.2 Å². The molecule has 1 aliphatic rings. The number of carbonyl (C=O) groups is 1. The van der Waals surface area contributed by atoms with Gasteiger partial charge in [0.15, 0.2) is 17.3 Å². The molecule has 1 aromatic carbocycles. The molecule has 1 aromatic rings. The predicted molar refractivity (Wildman–Crippen MR) is 74.0 cm³/mol. The van der Waals surface area contributed by atoms with Crippen LogP contribution in [0.15, 0.2) is 12.1 Å². The number of rotatable bonds is 5. The highest BCUT2D eigenvalue weighted by Gasteiger charge is 2.43. The van der Waals surface area contributed by atoms with Crippen LogP contribution in [0, 0.1) is 12.3 Å². The van der Waals surface area contributed by atoms with E-state index < -0.39 is 0 Å². The van der Waals surface area contributed by atoms with Crippen molar-refractivity contribution >= 4 is 5.78 Å². The fourth-order valence-electron chi connectivity index (χ4n) is 2.64. The Bertz CT molecular complexity index is 487. The lowest BCUT2D eigenvalue weighted by atomic mass is 9.64. The van der Waals surface area contributed by atoms with Crippen molar-refractivity contribution in [3.05, 3.63) is 23.3 Å². The van der Waals surface area contributed by atoms with Crippen LogP contribution in [0.5, 0.6) is 11.5 Å². The fraction of sp³-hybridized carbons (Fsp3) is 0.533. The second-order valence-electron chi connectivity index (χ2n) is 5.19. The summed E-state index contributed by atoms with van der Waals surface area (Å²) in [6.45, 7) is 2.33. The molecule has 0 aromatic heterocycles. The number of Topliss-reactive ketones (excluding diaryl/α,β-unsaturated/α-hetero) is 1. The summed E-state index contributed by atoms with van der Waals surface area (Å²) in [5, 5.41) is 0. The maximum absolute atomic E-state index is 12.7. The first-order chi connectivity index (χ1) is 9.07. The Balaban J connectivity index is 2.42. The van der Waals surface area contributed by atoms with Gasteiger partial charge in [-0.2, -0.15) is 0 Å². The third-order valence-corrected chi connectivity index (χ3v) is 4.16. The molecular weight excluding hydrogens is 242 g/mol. The minimum atomic E-state index is -0.357. The topological polar surface area (TPSA) is 61.5 Å². The molecule has 4 heteroatoms. The first kappa shape index (κ1) is 13.9. The number of nitrogens with two attached hydrogens (primary N) is 1. The number of carbonyl (C=O) groups excluding carboxylic acids is 1. The monoisotopic (exact) mass is 263 g/mol. The number of hydrogen-bond acceptors (Lipinski definition) is 4. The molecule has 0 saturated heterocycles. The van der Waals surface area contributed by atoms with Crippen molar-refractivity contribution < 1.29 is 14.3 Å². The van der Waals surface area contributed by atoms with Crippen LogP contribution in [0.4, 0.5) is 0 Å². The van der Waals surface area contributed by atoms with Gasteiger partial charge in [0.2, 0.25) is 0 Å². The Morgan fingerprint density at radius 1 is 1.26 bits per heavy atom. The van der Waals surface area contributed by atoms with Crippen molar-refractivity contribution in [2.24, 2.45) is 11.1 Å². The smallest absolute Gasteiger partial charge is 0.170 e. The van der Waals surface area contributed by atoms with Gasteiger partial charge in [-0.3, -0.25) is 4.79 Å². The Hall–Kier alpha value is -1.55. The molecule has 1 aliphatic carbocycles. The average Bonchev–Trinajstić information content (AvgIpc) is 2.37. The molecule has 19 heavy (non-hydrogen) atoms. The van der Waals surface area contributed by atoms with E-state index in [4.69, 9.17) is 15.2 Å². The molecule has 0 aliphatic heterocycles. The number of benzene rings is 1. The van der Waals surface area contributed by atoms with E-state index >= 15 is 0 Å². The van der Waals surface area contributed by atoms with Gasteiger partial charge in [0.1, 0.15) is 0 Å². The van der Waals surface area contributed by atoms with E-state index in [1.54, 1.807) is 20.3 Å². The summed E-state index contributed by atoms with van der Waals surface area (Å²) in [5.41, 5.74) is 7.05. The largest absolute Gasteiger partial charge is 0.493 e. The molecule has 0 radical (unpaired) electrons. The summed E-state index contributed by atoms with van der Waals surface area (Å²) in [7, 11) is 3.16. The SMILES string of the molecule is COc1cc(C)c(C(=O)C2(CN)CCC2)cc1OC. The maximum atomic E-state index is 12.7. The number of hydrogen-bond donors (Lipinski definition) is 1. The van der Waals surface area contributed by atoms with Gasteiger partial charge in [-0.15, -0.1) is 0 Å². The van der Waals surface area contributed by atoms with Crippen molar-refractivity contribution in [2.75, 3.05) is 20.8 Å². The van der Waals surface area contributed by atoms with Crippen molar-refractivity contribution in [1.29, 1.82) is 0 Å². The summed E-state index contributed by atoms with van der Waals surface area (Å²) in [5.74, 6) is 1.37. The normalized spacial score (nSPS) is 16.6. The van der Waals surface area contributed by atoms with E-state index in [0.717, 1.165) is 24.8 Å². The minimum Gasteiger partial charge on any atom is -0.493 e. The van der Waals surface area contributed by atoms with Crippen LogP contribution in [0.1, 0.15) is 35.2 Å². The lowest BCUT2D eigenvalue weighted by molar-refractivity contribution is 0.0635. The molecule has 2 rings (SSSR count). The molecule has 0 bridgehead atoms. The molecule has 4 nitrogen and oxygen atoms in total. The van der Waals surface area contributed by atoms with Crippen LogP contribution in [-0.2, 0) is 0 Å². The lowest BCUT2D eigenvalue weighted by Gasteiger charge is -2.39. The summed E-state index contributed by atoms with van der Waals surface area (Å²) >= 11 is 0. The molecule has 104 valence electrons. The zero-order chi connectivity index (χ0) is 14.0. The molecule has 0 spiro atoms. The first-order valence-electron chi connectivity index (χ1n) is 6.55. The predicted octanol–water partition coefficient (Wildman–Crippen LogP) is 2.32. The van der Waals surface area contributed by atoms with Gasteiger partial charge >= 0.3 is 0 Å². The van der Waals surface area contributed by atoms with E-state index in [0.29, 0.717) is 23.6 Å². The molecular formula is C15H21NO3. The third-order valence-electron chi connectivity index (χ3n) is 4.16. The molecule has 1 fully saturated rings. The highest BCUT2D eigenvalue weighted by atomic mass is 16.5. The second kappa shape index (κ2) is 5.21. The second-order valence-corrected chi connectivity index (χ2v) is 5.19. The quantitative estimate of drug-likeness (QED) is 0.828. The van der Waals surface area contributed by atoms with Crippen molar-refractivity contribution in [2.45, 2.75) is 26.2 Å². The average molecular weight is 263 g/mol. The molecule has 0 unspecified atom stereocenters. The van der Waals surface area contributed by atoms with E-state index in [1.165, 1.54) is 0 Å². The van der Waals surface area contributed by atoms with E-state index in [2.05, 4.69) is 0 Å². The minimum absolute atomic E-state index is 0.139. The van der Waals surface area contributed by atoms with Crippen LogP contribution in [0.3, 0.4) is 0 Å². The Morgan fingerprint density at radius 3 is 2.26 bits per heavy atom. The summed E-state index contributed by atoms with van der Waals surface area (Å²) < 4.78 is 10.5. The molecule has 0 atom stereocenters. The van der Waals surface area contributed by atoms with Crippen LogP contribution in [0.25, 0.3) is 0 Å². The van der Waals surface area contributed by atoms with E-state index in [9.17, 15) is 4.79 Å². The zero-order valence-electron chi connectivity index (χ0n) is 11.8. The maximum Gasteiger partial charge on any atom is 0.170 e. The van der Waals surface area contributed by atoms with Crippen LogP contribution in [0.2, 0.25) is 0 Å². The highest BCUT2D eigenvalue weighted by molar-refractivity contribution is 6.03. The number of ether oxygens (including phenoxy) is 2. The van der Waals surface area contributed by atoms with E-state index in [-0.39, 0.29) is 11.2 Å². The lowest BCUT2D eigenvalue weighted by Crippen LogP contribution is -2.44. The summed E-state index contributed by atoms with van der Waals surface area (Å²) in [6, 6.07) is 3.61. The number of aryl methyl sites for hydroxylation is 1. The fourth-order valence-corrected chi connectivity index (χ4v) is 2.64. The molecule has 1 saturated carbocycles. The Morgan fingerprint density at radius 2 is 1.84 bits per heavy atom. The Labute approximate surface area is 113 Å². The van der Waals surface area contributed by atoms with Gasteiger partial charge in [-0.1, -0.05) is 6.42 Å². The van der Waals surface area contributed by atoms with Crippen LogP contribution < -0.4 is 15.2 Å². The molecule has 0 heterocycles. The van der Waals surface area contributed by atoms with Crippen molar-refractivity contribution in [3.8, 4) is 11.5 Å². The van der Waals surface area contributed by atoms with Crippen LogP contribution >= 0.6 is 0 Å². The van der Waals surface area contributed by atoms with Crippen molar-refractivity contribution in [3.63, 3.8) is 0 Å². The van der Waals surface area contributed by atoms with Crippen LogP contribution in [-0.4, -0.2) is 26.5 Å². The number of methoxy groups -OCH3 is 2. The van der Waals surface area contributed by atoms with Gasteiger partial charge in [0.05, 0.1) is 14.2 Å². The van der Waals surface area contributed by atoms with Gasteiger partial charge in [-0.05, 0) is 37.5 Å².